The summed E-state index contributed by atoms with van der Waals surface area (Å²) in [4.78, 5) is 166. The molecule has 0 radical (unpaired) electrons. The van der Waals surface area contributed by atoms with E-state index in [9.17, 15) is 66.2 Å². The van der Waals surface area contributed by atoms with Gasteiger partial charge in [0.1, 0.15) is 41.8 Å². The van der Waals surface area contributed by atoms with Crippen LogP contribution in [0.3, 0.4) is 0 Å². The number of alkyl halides is 3. The van der Waals surface area contributed by atoms with Crippen molar-refractivity contribution in [3.8, 4) is 0 Å². The van der Waals surface area contributed by atoms with Crippen molar-refractivity contribution in [2.45, 2.75) is 195 Å². The van der Waals surface area contributed by atoms with E-state index in [4.69, 9.17) is 21.1 Å². The summed E-state index contributed by atoms with van der Waals surface area (Å²) in [6.45, 7) is 19.0. The zero-order valence-electron chi connectivity index (χ0n) is 58.9. The third-order valence-corrected chi connectivity index (χ3v) is 16.2. The quantitative estimate of drug-likeness (QED) is 0.131. The molecular weight excluding hydrogens is 1250 g/mol. The first-order valence-electron chi connectivity index (χ1n) is 32.0. The summed E-state index contributed by atoms with van der Waals surface area (Å²) in [5.74, 6) is -8.66. The van der Waals surface area contributed by atoms with E-state index in [1.54, 1.807) is 6.92 Å². The molecule has 25 nitrogen and oxygen atoms in total. The molecule has 0 unspecified atom stereocenters. The maximum absolute atomic E-state index is 15.0. The highest BCUT2D eigenvalue weighted by Crippen LogP contribution is 2.35. The molecule has 1 aromatic rings. The third-order valence-electron chi connectivity index (χ3n) is 15.9. The van der Waals surface area contributed by atoms with Gasteiger partial charge in [0, 0.05) is 68.4 Å². The number of carbonyl (C=O) groups is 11. The molecule has 1 aromatic carbocycles. The van der Waals surface area contributed by atoms with Crippen LogP contribution >= 0.6 is 11.6 Å². The zero-order valence-corrected chi connectivity index (χ0v) is 59.6. The number of aliphatic hydroxyl groups is 1. The van der Waals surface area contributed by atoms with Crippen LogP contribution in [0.4, 0.5) is 13.2 Å². The van der Waals surface area contributed by atoms with Gasteiger partial charge in [-0.1, -0.05) is 73.1 Å². The van der Waals surface area contributed by atoms with Crippen molar-refractivity contribution in [1.82, 2.24) is 55.6 Å². The van der Waals surface area contributed by atoms with Gasteiger partial charge in [0.2, 0.25) is 65.0 Å². The Kier molecular flexibility index (Phi) is 32.9. The number of aryl methyl sites for hydroxylation is 1. The van der Waals surface area contributed by atoms with Crippen LogP contribution in [0.2, 0.25) is 5.02 Å². The van der Waals surface area contributed by atoms with E-state index in [1.807, 2.05) is 55.4 Å². The number of halogens is 4. The lowest BCUT2D eigenvalue weighted by molar-refractivity contribution is -0.150. The Labute approximate surface area is 558 Å². The number of ether oxygens (including phenoxy) is 2. The van der Waals surface area contributed by atoms with Gasteiger partial charge in [0.15, 0.2) is 0 Å². The first-order valence-corrected chi connectivity index (χ1v) is 32.3. The number of carbonyl (C=O) groups excluding carboxylic acids is 11. The fourth-order valence-corrected chi connectivity index (χ4v) is 10.6. The lowest BCUT2D eigenvalue weighted by Crippen LogP contribution is -2.63. The maximum Gasteiger partial charge on any atom is 0.417 e. The number of hydrogen-bond acceptors (Lipinski definition) is 14. The number of rotatable bonds is 18. The minimum Gasteiger partial charge on any atom is -0.388 e. The average Bonchev–Trinajstić information content (AvgIpc) is 0.829. The first kappa shape index (κ1) is 83.4. The maximum atomic E-state index is 15.0. The van der Waals surface area contributed by atoms with Gasteiger partial charge < -0.3 is 70.1 Å². The van der Waals surface area contributed by atoms with Gasteiger partial charge in [-0.15, -0.1) is 0 Å². The molecule has 0 aliphatic carbocycles. The van der Waals surface area contributed by atoms with Crippen molar-refractivity contribution in [1.29, 1.82) is 0 Å². The SMILES string of the molecule is CC(C)CCOC[C@H]1C(=O)N(C)CC(=O)N[C@@H](CCc2ccc(C(F)(F)F)c(Cl)c2)C(=O)N(C)[C@@H](COCC(C)(C)O)C(=O)NC(C)(C)C(=O)N(C)[C@@H](CC(C)C)C(=O)N[C@H](C)CC(=O)N(C)[C@@H](CC(C)C)C(=O)N[C@@H](CC(C)C)C(=O)N(C)CC(=O)N(C)CC(=O)N1C. The Bertz CT molecular complexity index is 2780. The highest BCUT2D eigenvalue weighted by Gasteiger charge is 2.43. The van der Waals surface area contributed by atoms with Gasteiger partial charge in [-0.3, -0.25) is 52.7 Å². The minimum absolute atomic E-state index is 0.107. The molecule has 94 heavy (non-hydrogen) atoms. The molecule has 2 rings (SSSR count). The molecule has 1 heterocycles. The van der Waals surface area contributed by atoms with E-state index in [0.717, 1.165) is 47.6 Å². The molecule has 1 aliphatic heterocycles. The molecule has 7 atom stereocenters. The fourth-order valence-electron chi connectivity index (χ4n) is 10.3. The molecule has 1 fully saturated rings. The Morgan fingerprint density at radius 1 is 0.596 bits per heavy atom. The zero-order chi connectivity index (χ0) is 72.2. The average molecular weight is 1360 g/mol. The van der Waals surface area contributed by atoms with Crippen molar-refractivity contribution >= 4 is 76.6 Å². The number of hydrogen-bond donors (Lipinski definition) is 5. The number of amides is 11. The molecule has 0 bridgehead atoms. The van der Waals surface area contributed by atoms with Gasteiger partial charge in [-0.05, 0) is 115 Å². The van der Waals surface area contributed by atoms with Gasteiger partial charge in [-0.25, -0.2) is 0 Å². The highest BCUT2D eigenvalue weighted by molar-refractivity contribution is 6.31. The van der Waals surface area contributed by atoms with Crippen molar-refractivity contribution in [3.05, 3.63) is 34.3 Å². The van der Waals surface area contributed by atoms with Gasteiger partial charge in [0.05, 0.1) is 55.6 Å². The van der Waals surface area contributed by atoms with E-state index in [0.29, 0.717) is 6.42 Å². The van der Waals surface area contributed by atoms with E-state index in [2.05, 4.69) is 21.3 Å². The molecule has 534 valence electrons. The van der Waals surface area contributed by atoms with E-state index < -0.39 is 161 Å². The van der Waals surface area contributed by atoms with Crippen molar-refractivity contribution in [2.24, 2.45) is 23.7 Å². The molecule has 1 saturated heterocycles. The minimum atomic E-state index is -4.80. The van der Waals surface area contributed by atoms with Crippen LogP contribution in [0.1, 0.15) is 140 Å². The molecule has 29 heteroatoms. The van der Waals surface area contributed by atoms with E-state index in [1.165, 1.54) is 81.9 Å². The van der Waals surface area contributed by atoms with Crippen LogP contribution in [-0.4, -0.2) is 253 Å². The fraction of sp³-hybridized carbons (Fsp3) is 0.738. The number of likely N-dealkylation sites (N-methyl/N-ethyl adjacent to an activating group) is 7. The topological polar surface area (TPSA) is 297 Å². The summed E-state index contributed by atoms with van der Waals surface area (Å²) < 4.78 is 53.1. The van der Waals surface area contributed by atoms with Gasteiger partial charge in [0.25, 0.3) is 0 Å². The van der Waals surface area contributed by atoms with Crippen LogP contribution in [-0.2, 0) is 74.8 Å². The first-order chi connectivity index (χ1) is 43.2. The summed E-state index contributed by atoms with van der Waals surface area (Å²) in [7, 11) is 9.24. The van der Waals surface area contributed by atoms with Gasteiger partial charge >= 0.3 is 6.18 Å². The Balaban J connectivity index is 2.93. The summed E-state index contributed by atoms with van der Waals surface area (Å²) in [6, 6.07) is -6.01. The summed E-state index contributed by atoms with van der Waals surface area (Å²) in [5, 5.41) is 20.9. The summed E-state index contributed by atoms with van der Waals surface area (Å²) >= 11 is 6.09. The van der Waals surface area contributed by atoms with Crippen molar-refractivity contribution < 1.29 is 80.5 Å². The molecular formula is C65H107ClF3N11O14. The lowest BCUT2D eigenvalue weighted by Gasteiger charge is -2.37. The van der Waals surface area contributed by atoms with Crippen molar-refractivity contribution in [2.75, 3.05) is 95.4 Å². The van der Waals surface area contributed by atoms with Crippen LogP contribution in [0.5, 0.6) is 0 Å². The Hall–Kier alpha value is -6.65. The van der Waals surface area contributed by atoms with Crippen LogP contribution in [0.15, 0.2) is 18.2 Å². The monoisotopic (exact) mass is 1360 g/mol. The standard InChI is InChI=1S/C65H107ClF3N11O14/c1-38(2)25-26-93-36-51-61(90)75(15)32-52(81)71-46(24-22-43-21-23-44(45(66)31-43)65(67,68)69)60(89)79(19)50(35-94-37-63(10,11)92)58(87)73-64(12,13)62(91)80(20)49(29-41(7)8)56(85)70-42(9)30-53(82)77(17)48(28-40(5)6)57(86)72-47(27-39(3)4)59(88)76(16)33-54(83)74(14)34-55(84)78(51)18/h21,23,31,38-42,46-51,92H,22,24-30,32-37H2,1-20H3,(H,70,85)(H,71,81)(H,72,86)(H,73,87)/t42-,46+,47+,48+,49+,50+,51+/m1/s1. The predicted molar refractivity (Wildman–Crippen MR) is 348 cm³/mol. The number of nitrogens with one attached hydrogen (secondary N) is 4. The molecule has 0 saturated carbocycles. The molecule has 0 aromatic heterocycles. The largest absolute Gasteiger partial charge is 0.417 e. The summed E-state index contributed by atoms with van der Waals surface area (Å²) in [6.07, 6.45) is -4.64. The van der Waals surface area contributed by atoms with Crippen LogP contribution in [0, 0.1) is 23.7 Å². The smallest absolute Gasteiger partial charge is 0.388 e. The molecule has 11 amide bonds. The Morgan fingerprint density at radius 2 is 1.12 bits per heavy atom. The van der Waals surface area contributed by atoms with E-state index >= 15 is 4.79 Å². The molecule has 0 spiro atoms. The second-order valence-corrected chi connectivity index (χ2v) is 28.2. The normalized spacial score (nSPS) is 23.2. The van der Waals surface area contributed by atoms with Crippen LogP contribution in [0.25, 0.3) is 0 Å². The molecule has 5 N–H and O–H groups in total. The second-order valence-electron chi connectivity index (χ2n) is 27.8. The molecule has 1 aliphatic rings. The third kappa shape index (κ3) is 26.9. The second kappa shape index (κ2) is 37.0. The Morgan fingerprint density at radius 3 is 1.65 bits per heavy atom. The summed E-state index contributed by atoms with van der Waals surface area (Å²) in [5.41, 5.74) is -4.21. The van der Waals surface area contributed by atoms with Crippen LogP contribution < -0.4 is 21.3 Å². The number of benzene rings is 1. The van der Waals surface area contributed by atoms with Crippen molar-refractivity contribution in [3.63, 3.8) is 0 Å². The highest BCUT2D eigenvalue weighted by atomic mass is 35.5. The predicted octanol–water partition coefficient (Wildman–Crippen LogP) is 3.74. The lowest BCUT2D eigenvalue weighted by atomic mass is 9.97. The van der Waals surface area contributed by atoms with Gasteiger partial charge in [-0.2, -0.15) is 13.2 Å². The van der Waals surface area contributed by atoms with E-state index in [-0.39, 0.29) is 87.6 Å². The number of nitrogens with zero attached hydrogens (tertiary/aromatic N) is 7.